The third-order valence-electron chi connectivity index (χ3n) is 7.03. The fraction of sp³-hybridized carbons (Fsp3) is 0.440. The van der Waals surface area contributed by atoms with Gasteiger partial charge in [-0.25, -0.2) is 4.98 Å². The van der Waals surface area contributed by atoms with E-state index >= 15 is 0 Å². The second-order valence-electron chi connectivity index (χ2n) is 9.42. The summed E-state index contributed by atoms with van der Waals surface area (Å²) in [7, 11) is 3.65. The second kappa shape index (κ2) is 8.41. The molecule has 2 aliphatic rings. The van der Waals surface area contributed by atoms with Crippen molar-refractivity contribution < 1.29 is 14.3 Å². The molecular formula is C25H29N5O3S. The number of rotatable bonds is 5. The number of imidazole rings is 1. The Hall–Kier alpha value is -2.88. The van der Waals surface area contributed by atoms with Crippen molar-refractivity contribution in [2.75, 3.05) is 33.4 Å². The first-order valence-electron chi connectivity index (χ1n) is 11.8. The highest BCUT2D eigenvalue weighted by molar-refractivity contribution is 7.16. The van der Waals surface area contributed by atoms with Crippen molar-refractivity contribution >= 4 is 38.5 Å². The third-order valence-corrected chi connectivity index (χ3v) is 7.98. The number of thiophene rings is 1. The first-order chi connectivity index (χ1) is 16.5. The molecule has 2 N–H and O–H groups in total. The van der Waals surface area contributed by atoms with Gasteiger partial charge in [-0.3, -0.25) is 4.79 Å². The van der Waals surface area contributed by atoms with Crippen LogP contribution in [0.5, 0.6) is 5.75 Å². The zero-order chi connectivity index (χ0) is 23.4. The molecule has 0 bridgehead atoms. The van der Waals surface area contributed by atoms with Gasteiger partial charge in [-0.1, -0.05) is 0 Å². The second-order valence-corrected chi connectivity index (χ2v) is 10.3. The van der Waals surface area contributed by atoms with Crippen LogP contribution < -0.4 is 10.5 Å². The molecule has 34 heavy (non-hydrogen) atoms. The van der Waals surface area contributed by atoms with Crippen LogP contribution in [-0.4, -0.2) is 64.4 Å². The number of likely N-dealkylation sites (tertiary alicyclic amines) is 1. The van der Waals surface area contributed by atoms with Crippen LogP contribution in [0.4, 0.5) is 0 Å². The number of aryl methyl sites for hydroxylation is 1. The molecule has 1 amide bonds. The number of amides is 1. The van der Waals surface area contributed by atoms with Crippen molar-refractivity contribution in [2.45, 2.75) is 25.4 Å². The Bertz CT molecular complexity index is 1380. The van der Waals surface area contributed by atoms with Gasteiger partial charge in [0.05, 0.1) is 31.5 Å². The number of piperidine rings is 1. The van der Waals surface area contributed by atoms with Crippen LogP contribution in [0.25, 0.3) is 32.8 Å². The van der Waals surface area contributed by atoms with Gasteiger partial charge in [-0.05, 0) is 42.5 Å². The minimum atomic E-state index is -0.0172. The minimum absolute atomic E-state index is 0.0172. The number of benzene rings is 1. The molecule has 9 heteroatoms. The number of hydrogen-bond acceptors (Lipinski definition) is 6. The first-order valence-corrected chi connectivity index (χ1v) is 12.7. The van der Waals surface area contributed by atoms with Crippen LogP contribution in [0.3, 0.4) is 0 Å². The lowest BCUT2D eigenvalue weighted by atomic mass is 10.0. The molecule has 2 saturated heterocycles. The normalized spacial score (nSPS) is 19.1. The van der Waals surface area contributed by atoms with Crippen molar-refractivity contribution in [2.24, 2.45) is 18.7 Å². The van der Waals surface area contributed by atoms with E-state index in [4.69, 9.17) is 20.2 Å². The van der Waals surface area contributed by atoms with Gasteiger partial charge in [-0.2, -0.15) is 0 Å². The van der Waals surface area contributed by atoms with E-state index < -0.39 is 0 Å². The first kappa shape index (κ1) is 21.6. The molecule has 0 spiro atoms. The van der Waals surface area contributed by atoms with Crippen molar-refractivity contribution in [3.05, 3.63) is 35.2 Å². The van der Waals surface area contributed by atoms with Crippen LogP contribution in [0.1, 0.15) is 23.2 Å². The van der Waals surface area contributed by atoms with E-state index in [0.717, 1.165) is 61.7 Å². The number of nitrogens with zero attached hydrogens (tertiary/aromatic N) is 4. The van der Waals surface area contributed by atoms with E-state index in [1.165, 1.54) is 10.2 Å². The van der Waals surface area contributed by atoms with Crippen molar-refractivity contribution in [3.63, 3.8) is 0 Å². The van der Waals surface area contributed by atoms with Crippen LogP contribution in [0.15, 0.2) is 29.6 Å². The van der Waals surface area contributed by atoms with E-state index in [-0.39, 0.29) is 11.9 Å². The SMILES string of the molecule is COc1cc(C(=O)N2CCC[C@@H](N)C2)cc2nc(-c3cc4ccsc4n3CC3COC3)n(C)c12. The van der Waals surface area contributed by atoms with Crippen LogP contribution in [0, 0.1) is 5.92 Å². The molecule has 8 nitrogen and oxygen atoms in total. The fourth-order valence-electron chi connectivity index (χ4n) is 5.19. The average molecular weight is 480 g/mol. The van der Waals surface area contributed by atoms with E-state index in [2.05, 4.69) is 26.6 Å². The number of carbonyl (C=O) groups is 1. The van der Waals surface area contributed by atoms with Gasteiger partial charge >= 0.3 is 0 Å². The molecule has 4 aromatic rings. The van der Waals surface area contributed by atoms with Gasteiger partial charge < -0.3 is 29.2 Å². The lowest BCUT2D eigenvalue weighted by Crippen LogP contribution is -2.45. The van der Waals surface area contributed by atoms with Crippen molar-refractivity contribution in [1.82, 2.24) is 19.0 Å². The van der Waals surface area contributed by atoms with Crippen LogP contribution in [0.2, 0.25) is 0 Å². The molecule has 6 rings (SSSR count). The van der Waals surface area contributed by atoms with Gasteiger partial charge in [-0.15, -0.1) is 11.3 Å². The number of fused-ring (bicyclic) bond motifs is 2. The summed E-state index contributed by atoms with van der Waals surface area (Å²) in [6, 6.07) is 8.12. The lowest BCUT2D eigenvalue weighted by Gasteiger charge is -2.30. The Morgan fingerprint density at radius 3 is 2.91 bits per heavy atom. The van der Waals surface area contributed by atoms with Gasteiger partial charge in [0.1, 0.15) is 16.1 Å². The number of ether oxygens (including phenoxy) is 2. The molecule has 1 atom stereocenters. The van der Waals surface area contributed by atoms with Gasteiger partial charge in [0.25, 0.3) is 5.91 Å². The van der Waals surface area contributed by atoms with E-state index in [0.29, 0.717) is 23.8 Å². The molecular weight excluding hydrogens is 450 g/mol. The number of nitrogens with two attached hydrogens (primary N) is 1. The highest BCUT2D eigenvalue weighted by Gasteiger charge is 2.27. The summed E-state index contributed by atoms with van der Waals surface area (Å²) in [5.41, 5.74) is 9.42. The summed E-state index contributed by atoms with van der Waals surface area (Å²) in [5.74, 6) is 2.01. The van der Waals surface area contributed by atoms with Gasteiger partial charge in [0, 0.05) is 49.6 Å². The molecule has 5 heterocycles. The van der Waals surface area contributed by atoms with Crippen molar-refractivity contribution in [3.8, 4) is 17.3 Å². The van der Waals surface area contributed by atoms with Crippen molar-refractivity contribution in [1.29, 1.82) is 0 Å². The topological polar surface area (TPSA) is 87.5 Å². The Morgan fingerprint density at radius 1 is 1.32 bits per heavy atom. The Balaban J connectivity index is 1.45. The minimum Gasteiger partial charge on any atom is -0.494 e. The largest absolute Gasteiger partial charge is 0.494 e. The maximum atomic E-state index is 13.3. The monoisotopic (exact) mass is 479 g/mol. The molecule has 2 fully saturated rings. The maximum Gasteiger partial charge on any atom is 0.254 e. The molecule has 0 saturated carbocycles. The number of methoxy groups -OCH3 is 1. The maximum absolute atomic E-state index is 13.3. The molecule has 178 valence electrons. The molecule has 0 radical (unpaired) electrons. The predicted octanol–water partition coefficient (Wildman–Crippen LogP) is 3.47. The Labute approximate surface area is 201 Å². The van der Waals surface area contributed by atoms with Gasteiger partial charge in [0.15, 0.2) is 5.82 Å². The number of carbonyl (C=O) groups excluding carboxylic acids is 1. The standard InChI is InChI=1S/C25H29N5O3S/c1-28-22-19(8-17(10-21(22)32-2)24(31)29-6-3-4-18(26)12-29)27-23(28)20-9-16-5-7-34-25(16)30(20)11-15-13-33-14-15/h5,7-10,15,18H,3-4,6,11-14,26H2,1-2H3/t18-/m1/s1. The predicted molar refractivity (Wildman–Crippen MR) is 133 cm³/mol. The Morgan fingerprint density at radius 2 is 2.18 bits per heavy atom. The molecule has 0 unspecified atom stereocenters. The van der Waals surface area contributed by atoms with E-state index in [9.17, 15) is 4.79 Å². The molecule has 0 aliphatic carbocycles. The third kappa shape index (κ3) is 3.50. The average Bonchev–Trinajstić information content (AvgIpc) is 3.48. The zero-order valence-corrected chi connectivity index (χ0v) is 20.3. The highest BCUT2D eigenvalue weighted by atomic mass is 32.1. The highest BCUT2D eigenvalue weighted by Crippen LogP contribution is 2.36. The molecule has 3 aromatic heterocycles. The Kier molecular flexibility index (Phi) is 5.35. The summed E-state index contributed by atoms with van der Waals surface area (Å²) < 4.78 is 15.6. The van der Waals surface area contributed by atoms with E-state index in [1.54, 1.807) is 18.4 Å². The number of aromatic nitrogens is 3. The zero-order valence-electron chi connectivity index (χ0n) is 19.5. The number of hydrogen-bond donors (Lipinski definition) is 1. The summed E-state index contributed by atoms with van der Waals surface area (Å²) in [4.78, 5) is 21.4. The summed E-state index contributed by atoms with van der Waals surface area (Å²) in [5, 5.41) is 3.35. The van der Waals surface area contributed by atoms with E-state index in [1.807, 2.05) is 24.1 Å². The molecule has 1 aromatic carbocycles. The fourth-order valence-corrected chi connectivity index (χ4v) is 6.09. The summed E-state index contributed by atoms with van der Waals surface area (Å²) in [6.07, 6.45) is 1.89. The smallest absolute Gasteiger partial charge is 0.254 e. The molecule has 2 aliphatic heterocycles. The van der Waals surface area contributed by atoms with Crippen LogP contribution in [-0.2, 0) is 18.3 Å². The quantitative estimate of drug-likeness (QED) is 0.474. The lowest BCUT2D eigenvalue weighted by molar-refractivity contribution is -0.0386. The summed E-state index contributed by atoms with van der Waals surface area (Å²) >= 11 is 1.75. The van der Waals surface area contributed by atoms with Gasteiger partial charge in [0.2, 0.25) is 0 Å². The summed E-state index contributed by atoms with van der Waals surface area (Å²) in [6.45, 7) is 3.81. The van der Waals surface area contributed by atoms with Crippen LogP contribution >= 0.6 is 11.3 Å².